The van der Waals surface area contributed by atoms with Gasteiger partial charge in [-0.15, -0.1) is 0 Å². The smallest absolute Gasteiger partial charge is 0.274 e. The van der Waals surface area contributed by atoms with Crippen molar-refractivity contribution >= 4 is 5.71 Å². The summed E-state index contributed by atoms with van der Waals surface area (Å²) in [5.41, 5.74) is 1.28. The molecule has 0 saturated heterocycles. The van der Waals surface area contributed by atoms with Crippen molar-refractivity contribution < 1.29 is 21.2 Å². The molecule has 0 aliphatic carbocycles. The molecule has 0 aliphatic rings. The summed E-state index contributed by atoms with van der Waals surface area (Å²) < 4.78 is 2.60. The van der Waals surface area contributed by atoms with Gasteiger partial charge in [0.05, 0.1) is 5.71 Å². The van der Waals surface area contributed by atoms with Gasteiger partial charge in [-0.05, 0) is 13.8 Å². The molecule has 60 valence electrons. The summed E-state index contributed by atoms with van der Waals surface area (Å²) in [4.78, 5) is 0. The average molecular weight is 255 g/mol. The number of halogens is 1. The second kappa shape index (κ2) is 5.95. The van der Waals surface area contributed by atoms with Crippen molar-refractivity contribution in [3.63, 3.8) is 0 Å². The monoisotopic (exact) mass is 255 g/mol. The Hall–Kier alpha value is 0.200. The van der Waals surface area contributed by atoms with Crippen molar-refractivity contribution in [1.29, 1.82) is 0 Å². The zero-order valence-electron chi connectivity index (χ0n) is 7.19. The second-order valence-electron chi connectivity index (χ2n) is 2.27. The van der Waals surface area contributed by atoms with Gasteiger partial charge in [0.1, 0.15) is 4.43 Å². The molecule has 0 spiro atoms. The Morgan fingerprint density at radius 1 is 1.50 bits per heavy atom. The third-order valence-corrected chi connectivity index (χ3v) is 3.57. The standard InChI is InChI=1S/C7H16IN2/c1-5-8-6-7(2)9-10(3)4/h5-6H2,1-4H3/q+1/b9-7-. The minimum atomic E-state index is 0.398. The van der Waals surface area contributed by atoms with E-state index in [0.29, 0.717) is 21.2 Å². The van der Waals surface area contributed by atoms with Crippen LogP contribution in [-0.4, -0.2) is 33.7 Å². The van der Waals surface area contributed by atoms with Gasteiger partial charge in [-0.2, -0.15) is 5.10 Å². The fourth-order valence-electron chi connectivity index (χ4n) is 0.599. The SMILES string of the molecule is CC[I+]C/C(C)=N\N(C)C. The van der Waals surface area contributed by atoms with Crippen molar-refractivity contribution in [2.75, 3.05) is 23.0 Å². The first-order valence-electron chi connectivity index (χ1n) is 3.41. The van der Waals surface area contributed by atoms with Crippen LogP contribution in [0.25, 0.3) is 0 Å². The number of alkyl halides is 2. The van der Waals surface area contributed by atoms with E-state index in [9.17, 15) is 0 Å². The van der Waals surface area contributed by atoms with E-state index in [1.807, 2.05) is 19.1 Å². The van der Waals surface area contributed by atoms with Gasteiger partial charge in [-0.1, -0.05) is 0 Å². The predicted octanol–water partition coefficient (Wildman–Crippen LogP) is -1.97. The lowest BCUT2D eigenvalue weighted by Crippen LogP contribution is -3.63. The largest absolute Gasteiger partial charge is 0.303 e. The van der Waals surface area contributed by atoms with E-state index in [1.54, 1.807) is 0 Å². The molecule has 0 aromatic carbocycles. The van der Waals surface area contributed by atoms with E-state index < -0.39 is 0 Å². The predicted molar refractivity (Wildman–Crippen MR) is 42.2 cm³/mol. The average Bonchev–Trinajstić information content (AvgIpc) is 1.82. The zero-order valence-corrected chi connectivity index (χ0v) is 9.34. The Morgan fingerprint density at radius 3 is 2.50 bits per heavy atom. The highest BCUT2D eigenvalue weighted by Gasteiger charge is 2.04. The molecule has 0 atom stereocenters. The van der Waals surface area contributed by atoms with Gasteiger partial charge in [0, 0.05) is 14.1 Å². The number of nitrogens with zero attached hydrogens (tertiary/aromatic N) is 2. The van der Waals surface area contributed by atoms with Crippen molar-refractivity contribution in [2.45, 2.75) is 13.8 Å². The molecule has 0 rings (SSSR count). The minimum Gasteiger partial charge on any atom is -0.303 e. The Balaban J connectivity index is 3.49. The molecule has 0 fully saturated rings. The molecule has 0 heterocycles. The first-order chi connectivity index (χ1) is 4.66. The number of hydrazone groups is 1. The number of rotatable bonds is 4. The first kappa shape index (κ1) is 10.2. The molecule has 3 heteroatoms. The summed E-state index contributed by atoms with van der Waals surface area (Å²) in [6, 6.07) is 0. The van der Waals surface area contributed by atoms with Crippen molar-refractivity contribution in [3.05, 3.63) is 0 Å². The Bertz CT molecular complexity index is 110. The highest BCUT2D eigenvalue weighted by atomic mass is 127. The number of hydrogen-bond donors (Lipinski definition) is 0. The lowest BCUT2D eigenvalue weighted by Gasteiger charge is -2.02. The maximum atomic E-state index is 4.29. The second-order valence-corrected chi connectivity index (χ2v) is 5.64. The van der Waals surface area contributed by atoms with Crippen molar-refractivity contribution in [3.8, 4) is 0 Å². The molecule has 10 heavy (non-hydrogen) atoms. The van der Waals surface area contributed by atoms with Gasteiger partial charge in [-0.25, -0.2) is 0 Å². The van der Waals surface area contributed by atoms with Crippen LogP contribution in [0.1, 0.15) is 13.8 Å². The third kappa shape index (κ3) is 6.32. The van der Waals surface area contributed by atoms with E-state index >= 15 is 0 Å². The van der Waals surface area contributed by atoms with Gasteiger partial charge in [0.15, 0.2) is 4.43 Å². The van der Waals surface area contributed by atoms with Crippen LogP contribution in [-0.2, 0) is 0 Å². The van der Waals surface area contributed by atoms with Gasteiger partial charge in [-0.3, -0.25) is 0 Å². The molecule has 0 aromatic heterocycles. The maximum absolute atomic E-state index is 4.29. The van der Waals surface area contributed by atoms with Crippen LogP contribution in [0, 0.1) is 0 Å². The summed E-state index contributed by atoms with van der Waals surface area (Å²) in [5.74, 6) is 0. The lowest BCUT2D eigenvalue weighted by atomic mass is 10.5. The number of hydrogen-bond acceptors (Lipinski definition) is 2. The minimum absolute atomic E-state index is 0.398. The fraction of sp³-hybridized carbons (Fsp3) is 0.857. The van der Waals surface area contributed by atoms with Crippen LogP contribution in [0.15, 0.2) is 5.10 Å². The van der Waals surface area contributed by atoms with Gasteiger partial charge < -0.3 is 5.01 Å². The third-order valence-electron chi connectivity index (χ3n) is 0.848. The Morgan fingerprint density at radius 2 is 2.10 bits per heavy atom. The maximum Gasteiger partial charge on any atom is 0.274 e. The highest BCUT2D eigenvalue weighted by molar-refractivity contribution is 5.82. The summed E-state index contributed by atoms with van der Waals surface area (Å²) in [7, 11) is 3.93. The molecular formula is C7H16IN2+. The molecule has 2 nitrogen and oxygen atoms in total. The van der Waals surface area contributed by atoms with E-state index in [4.69, 9.17) is 0 Å². The van der Waals surface area contributed by atoms with Crippen LogP contribution >= 0.6 is 0 Å². The summed E-state index contributed by atoms with van der Waals surface area (Å²) in [5, 5.41) is 6.16. The van der Waals surface area contributed by atoms with E-state index in [-0.39, 0.29) is 0 Å². The molecule has 0 N–H and O–H groups in total. The normalized spacial score (nSPS) is 11.8. The van der Waals surface area contributed by atoms with Crippen LogP contribution in [0.2, 0.25) is 0 Å². The van der Waals surface area contributed by atoms with Crippen LogP contribution in [0.3, 0.4) is 0 Å². The van der Waals surface area contributed by atoms with Crippen molar-refractivity contribution in [2.24, 2.45) is 5.10 Å². The van der Waals surface area contributed by atoms with Gasteiger partial charge in [0.25, 0.3) is 21.2 Å². The molecular weight excluding hydrogens is 239 g/mol. The van der Waals surface area contributed by atoms with Crippen LogP contribution in [0.4, 0.5) is 0 Å². The summed E-state index contributed by atoms with van der Waals surface area (Å²) in [6.45, 7) is 4.35. The highest BCUT2D eigenvalue weighted by Crippen LogP contribution is 1.75. The summed E-state index contributed by atoms with van der Waals surface area (Å²) in [6.07, 6.45) is 0. The zero-order chi connectivity index (χ0) is 7.98. The fourth-order valence-corrected chi connectivity index (χ4v) is 2.07. The molecule has 0 bridgehead atoms. The lowest BCUT2D eigenvalue weighted by molar-refractivity contribution is -0.638. The molecule has 0 aliphatic heterocycles. The first-order valence-corrected chi connectivity index (χ1v) is 6.46. The van der Waals surface area contributed by atoms with Gasteiger partial charge in [0.2, 0.25) is 0 Å². The van der Waals surface area contributed by atoms with Crippen LogP contribution in [0.5, 0.6) is 0 Å². The van der Waals surface area contributed by atoms with E-state index in [1.165, 1.54) is 14.6 Å². The topological polar surface area (TPSA) is 15.6 Å². The molecule has 0 unspecified atom stereocenters. The Kier molecular flexibility index (Phi) is 6.06. The van der Waals surface area contributed by atoms with E-state index in [2.05, 4.69) is 18.9 Å². The molecule has 0 saturated carbocycles. The summed E-state index contributed by atoms with van der Waals surface area (Å²) >= 11 is 0.398. The van der Waals surface area contributed by atoms with Gasteiger partial charge >= 0.3 is 0 Å². The van der Waals surface area contributed by atoms with Crippen molar-refractivity contribution in [1.82, 2.24) is 5.01 Å². The molecule has 0 radical (unpaired) electrons. The Labute approximate surface area is 73.9 Å². The molecule has 0 amide bonds. The molecule has 0 aromatic rings. The quantitative estimate of drug-likeness (QED) is 0.246. The van der Waals surface area contributed by atoms with E-state index in [0.717, 1.165) is 0 Å². The van der Waals surface area contributed by atoms with Crippen LogP contribution < -0.4 is 21.2 Å².